The van der Waals surface area contributed by atoms with E-state index in [-0.39, 0.29) is 6.10 Å². The molecule has 6 heteroatoms. The van der Waals surface area contributed by atoms with E-state index >= 15 is 0 Å². The molecule has 124 valence electrons. The van der Waals surface area contributed by atoms with E-state index in [0.717, 1.165) is 54.4 Å². The lowest BCUT2D eigenvalue weighted by Gasteiger charge is -2.32. The van der Waals surface area contributed by atoms with Gasteiger partial charge >= 0.3 is 0 Å². The van der Waals surface area contributed by atoms with Crippen LogP contribution in [0, 0.1) is 13.8 Å². The molecule has 0 aromatic carbocycles. The number of hydrogen-bond acceptors (Lipinski definition) is 5. The summed E-state index contributed by atoms with van der Waals surface area (Å²) < 4.78 is 7.84. The topological polar surface area (TPSA) is 55.5 Å². The second-order valence-electron chi connectivity index (χ2n) is 6.33. The van der Waals surface area contributed by atoms with Crippen molar-refractivity contribution in [2.75, 3.05) is 19.7 Å². The highest BCUT2D eigenvalue weighted by Crippen LogP contribution is 2.23. The first-order valence-electron chi connectivity index (χ1n) is 8.25. The zero-order valence-corrected chi connectivity index (χ0v) is 14.0. The van der Waals surface area contributed by atoms with E-state index in [4.69, 9.17) is 4.74 Å². The monoisotopic (exact) mass is 323 g/mol. The number of aryl methyl sites for hydroxylation is 2. The van der Waals surface area contributed by atoms with Crippen LogP contribution in [0.4, 0.5) is 0 Å². The molecule has 0 N–H and O–H groups in total. The van der Waals surface area contributed by atoms with Crippen LogP contribution in [0.25, 0.3) is 5.65 Å². The Bertz CT molecular complexity index is 845. The Morgan fingerprint density at radius 2 is 2.21 bits per heavy atom. The van der Waals surface area contributed by atoms with E-state index in [2.05, 4.69) is 39.0 Å². The Hall–Kier alpha value is -2.31. The van der Waals surface area contributed by atoms with Gasteiger partial charge in [-0.3, -0.25) is 9.88 Å². The van der Waals surface area contributed by atoms with Crippen molar-refractivity contribution in [2.45, 2.75) is 26.5 Å². The zero-order valence-electron chi connectivity index (χ0n) is 14.0. The number of nitrogens with zero attached hydrogens (tertiary/aromatic N) is 5. The van der Waals surface area contributed by atoms with Crippen molar-refractivity contribution in [3.05, 3.63) is 59.3 Å². The van der Waals surface area contributed by atoms with Crippen molar-refractivity contribution in [1.82, 2.24) is 24.5 Å². The van der Waals surface area contributed by atoms with E-state index in [1.54, 1.807) is 6.20 Å². The van der Waals surface area contributed by atoms with Gasteiger partial charge in [0.2, 0.25) is 0 Å². The molecule has 24 heavy (non-hydrogen) atoms. The second-order valence-corrected chi connectivity index (χ2v) is 6.33. The summed E-state index contributed by atoms with van der Waals surface area (Å²) in [7, 11) is 0. The molecule has 3 aromatic heterocycles. The Balaban J connectivity index is 1.55. The van der Waals surface area contributed by atoms with Gasteiger partial charge in [0.05, 0.1) is 18.9 Å². The van der Waals surface area contributed by atoms with E-state index in [1.165, 1.54) is 0 Å². The number of fused-ring (bicyclic) bond motifs is 1. The molecule has 1 atom stereocenters. The van der Waals surface area contributed by atoms with Gasteiger partial charge in [-0.15, -0.1) is 0 Å². The summed E-state index contributed by atoms with van der Waals surface area (Å²) in [6, 6.07) is 6.08. The first kappa shape index (κ1) is 15.2. The third-order valence-corrected chi connectivity index (χ3v) is 4.45. The molecule has 6 nitrogen and oxygen atoms in total. The summed E-state index contributed by atoms with van der Waals surface area (Å²) in [5.74, 6) is 0. The highest BCUT2D eigenvalue weighted by Gasteiger charge is 2.23. The number of rotatable bonds is 3. The van der Waals surface area contributed by atoms with Crippen molar-refractivity contribution in [3.8, 4) is 0 Å². The van der Waals surface area contributed by atoms with E-state index in [1.807, 2.05) is 29.9 Å². The van der Waals surface area contributed by atoms with Crippen molar-refractivity contribution in [3.63, 3.8) is 0 Å². The maximum absolute atomic E-state index is 5.92. The molecule has 0 amide bonds. The highest BCUT2D eigenvalue weighted by molar-refractivity contribution is 5.47. The van der Waals surface area contributed by atoms with Gasteiger partial charge in [0.1, 0.15) is 0 Å². The lowest BCUT2D eigenvalue weighted by molar-refractivity contribution is -0.0329. The molecular weight excluding hydrogens is 302 g/mol. The predicted molar refractivity (Wildman–Crippen MR) is 90.7 cm³/mol. The summed E-state index contributed by atoms with van der Waals surface area (Å²) >= 11 is 0. The summed E-state index contributed by atoms with van der Waals surface area (Å²) in [5, 5.41) is 4.49. The number of morpholine rings is 1. The molecule has 3 aromatic rings. The highest BCUT2D eigenvalue weighted by atomic mass is 16.5. The van der Waals surface area contributed by atoms with Gasteiger partial charge in [0.15, 0.2) is 5.65 Å². The van der Waals surface area contributed by atoms with Gasteiger partial charge in [0, 0.05) is 54.5 Å². The fourth-order valence-electron chi connectivity index (χ4n) is 3.28. The minimum Gasteiger partial charge on any atom is -0.371 e. The smallest absolute Gasteiger partial charge is 0.159 e. The van der Waals surface area contributed by atoms with Gasteiger partial charge in [-0.2, -0.15) is 5.10 Å². The molecule has 1 aliphatic rings. The molecule has 4 rings (SSSR count). The van der Waals surface area contributed by atoms with Crippen LogP contribution in [-0.4, -0.2) is 44.2 Å². The Kier molecular flexibility index (Phi) is 4.00. The lowest BCUT2D eigenvalue weighted by Crippen LogP contribution is -2.37. The van der Waals surface area contributed by atoms with E-state index in [9.17, 15) is 0 Å². The van der Waals surface area contributed by atoms with Gasteiger partial charge in [0.25, 0.3) is 0 Å². The quantitative estimate of drug-likeness (QED) is 0.740. The normalized spacial score (nSPS) is 19.0. The van der Waals surface area contributed by atoms with Crippen molar-refractivity contribution in [1.29, 1.82) is 0 Å². The van der Waals surface area contributed by atoms with Crippen LogP contribution in [0.5, 0.6) is 0 Å². The van der Waals surface area contributed by atoms with Crippen LogP contribution in [0.1, 0.15) is 28.6 Å². The van der Waals surface area contributed by atoms with Crippen molar-refractivity contribution < 1.29 is 4.74 Å². The number of pyridine rings is 1. The maximum Gasteiger partial charge on any atom is 0.159 e. The van der Waals surface area contributed by atoms with Crippen LogP contribution >= 0.6 is 0 Å². The Morgan fingerprint density at radius 1 is 1.29 bits per heavy atom. The van der Waals surface area contributed by atoms with Crippen LogP contribution in [-0.2, 0) is 11.3 Å². The van der Waals surface area contributed by atoms with E-state index in [0.29, 0.717) is 0 Å². The van der Waals surface area contributed by atoms with Crippen LogP contribution < -0.4 is 0 Å². The fraction of sp³-hybridized carbons (Fsp3) is 0.389. The standard InChI is InChI=1S/C18H21N5O/c1-13-8-14(2)23-18(21-13)16(10-20-23)11-22-6-7-24-17(12-22)15-4-3-5-19-9-15/h3-5,8-10,17H,6-7,11-12H2,1-2H3. The predicted octanol–water partition coefficient (Wildman–Crippen LogP) is 2.31. The third-order valence-electron chi connectivity index (χ3n) is 4.45. The third kappa shape index (κ3) is 2.90. The number of hydrogen-bond donors (Lipinski definition) is 0. The molecule has 0 saturated carbocycles. The molecule has 0 bridgehead atoms. The first-order chi connectivity index (χ1) is 11.7. The molecule has 1 fully saturated rings. The minimum absolute atomic E-state index is 0.0747. The molecule has 0 spiro atoms. The average Bonchev–Trinajstić information content (AvgIpc) is 2.99. The zero-order chi connectivity index (χ0) is 16.5. The fourth-order valence-corrected chi connectivity index (χ4v) is 3.28. The Morgan fingerprint density at radius 3 is 3.04 bits per heavy atom. The summed E-state index contributed by atoms with van der Waals surface area (Å²) in [4.78, 5) is 11.3. The van der Waals surface area contributed by atoms with Gasteiger partial charge < -0.3 is 4.74 Å². The maximum atomic E-state index is 5.92. The average molecular weight is 323 g/mol. The van der Waals surface area contributed by atoms with Crippen LogP contribution in [0.3, 0.4) is 0 Å². The Labute approximate surface area is 141 Å². The number of aromatic nitrogens is 4. The summed E-state index contributed by atoms with van der Waals surface area (Å²) in [5.41, 5.74) is 5.38. The molecule has 4 heterocycles. The SMILES string of the molecule is Cc1cc(C)n2ncc(CN3CCOC(c4cccnc4)C3)c2n1. The van der Waals surface area contributed by atoms with Gasteiger partial charge in [-0.05, 0) is 26.0 Å². The molecule has 1 aliphatic heterocycles. The first-order valence-corrected chi connectivity index (χ1v) is 8.25. The van der Waals surface area contributed by atoms with Crippen molar-refractivity contribution in [2.24, 2.45) is 0 Å². The van der Waals surface area contributed by atoms with Gasteiger partial charge in [-0.1, -0.05) is 6.07 Å². The van der Waals surface area contributed by atoms with E-state index < -0.39 is 0 Å². The second kappa shape index (κ2) is 6.30. The van der Waals surface area contributed by atoms with Crippen LogP contribution in [0.15, 0.2) is 36.8 Å². The number of ether oxygens (including phenoxy) is 1. The molecule has 0 radical (unpaired) electrons. The molecule has 1 saturated heterocycles. The van der Waals surface area contributed by atoms with Crippen LogP contribution in [0.2, 0.25) is 0 Å². The van der Waals surface area contributed by atoms with Gasteiger partial charge in [-0.25, -0.2) is 9.50 Å². The summed E-state index contributed by atoms with van der Waals surface area (Å²) in [6.07, 6.45) is 5.69. The summed E-state index contributed by atoms with van der Waals surface area (Å²) in [6.45, 7) is 7.42. The molecule has 0 aliphatic carbocycles. The lowest BCUT2D eigenvalue weighted by atomic mass is 10.1. The molecular formula is C18H21N5O. The minimum atomic E-state index is 0.0747. The largest absolute Gasteiger partial charge is 0.371 e. The van der Waals surface area contributed by atoms with Crippen molar-refractivity contribution >= 4 is 5.65 Å². The molecule has 1 unspecified atom stereocenters.